The van der Waals surface area contributed by atoms with Gasteiger partial charge in [0.1, 0.15) is 6.23 Å². The standard InChI is InChI=1S/C14H28N2O2/c1-5-8-14(4,10-6-7-10)12(18)16-9-13(2,3)11(15)17/h10-11,17H,5-9,15H2,1-4H3,(H,16,18). The Hall–Kier alpha value is -0.610. The number of carbonyl (C=O) groups excluding carboxylic acids is 1. The average molecular weight is 256 g/mol. The molecule has 4 N–H and O–H groups in total. The largest absolute Gasteiger partial charge is 0.378 e. The van der Waals surface area contributed by atoms with E-state index in [0.717, 1.165) is 25.7 Å². The van der Waals surface area contributed by atoms with Gasteiger partial charge in [-0.3, -0.25) is 4.79 Å². The number of aliphatic hydroxyl groups is 1. The van der Waals surface area contributed by atoms with Crippen molar-refractivity contribution in [1.29, 1.82) is 0 Å². The maximum atomic E-state index is 12.4. The Morgan fingerprint density at radius 1 is 1.44 bits per heavy atom. The van der Waals surface area contributed by atoms with Crippen LogP contribution in [0.15, 0.2) is 0 Å². The van der Waals surface area contributed by atoms with Crippen LogP contribution >= 0.6 is 0 Å². The number of nitrogens with one attached hydrogen (secondary N) is 1. The fourth-order valence-corrected chi connectivity index (χ4v) is 2.36. The highest BCUT2D eigenvalue weighted by molar-refractivity contribution is 5.83. The van der Waals surface area contributed by atoms with Gasteiger partial charge >= 0.3 is 0 Å². The molecule has 1 fully saturated rings. The Labute approximate surface area is 110 Å². The molecule has 0 bridgehead atoms. The maximum absolute atomic E-state index is 12.4. The van der Waals surface area contributed by atoms with Gasteiger partial charge < -0.3 is 16.2 Å². The summed E-state index contributed by atoms with van der Waals surface area (Å²) in [5.41, 5.74) is 4.76. The van der Waals surface area contributed by atoms with Gasteiger partial charge in [0.2, 0.25) is 5.91 Å². The molecule has 1 aliphatic carbocycles. The van der Waals surface area contributed by atoms with Crippen LogP contribution in [0.2, 0.25) is 0 Å². The van der Waals surface area contributed by atoms with Crippen LogP contribution < -0.4 is 11.1 Å². The second-order valence-electron chi connectivity index (χ2n) is 6.56. The quantitative estimate of drug-likeness (QED) is 0.606. The van der Waals surface area contributed by atoms with Crippen LogP contribution in [0, 0.1) is 16.7 Å². The molecular weight excluding hydrogens is 228 g/mol. The summed E-state index contributed by atoms with van der Waals surface area (Å²) < 4.78 is 0. The lowest BCUT2D eigenvalue weighted by molar-refractivity contribution is -0.132. The minimum atomic E-state index is -0.920. The van der Waals surface area contributed by atoms with Crippen molar-refractivity contribution in [2.45, 2.75) is 59.6 Å². The van der Waals surface area contributed by atoms with E-state index in [1.54, 1.807) is 0 Å². The van der Waals surface area contributed by atoms with Gasteiger partial charge in [-0.15, -0.1) is 0 Å². The van der Waals surface area contributed by atoms with Crippen molar-refractivity contribution >= 4 is 5.91 Å². The molecule has 2 unspecified atom stereocenters. The van der Waals surface area contributed by atoms with Gasteiger partial charge in [0, 0.05) is 17.4 Å². The van der Waals surface area contributed by atoms with E-state index in [2.05, 4.69) is 19.2 Å². The molecule has 4 nitrogen and oxygen atoms in total. The molecule has 1 rings (SSSR count). The summed E-state index contributed by atoms with van der Waals surface area (Å²) in [6, 6.07) is 0. The molecule has 0 radical (unpaired) electrons. The zero-order valence-electron chi connectivity index (χ0n) is 12.1. The Balaban J connectivity index is 2.58. The molecule has 0 saturated heterocycles. The highest BCUT2D eigenvalue weighted by Gasteiger charge is 2.46. The lowest BCUT2D eigenvalue weighted by Gasteiger charge is -2.32. The molecule has 1 saturated carbocycles. The topological polar surface area (TPSA) is 75.4 Å². The van der Waals surface area contributed by atoms with Crippen molar-refractivity contribution in [2.75, 3.05) is 6.54 Å². The van der Waals surface area contributed by atoms with Crippen LogP contribution in [0.25, 0.3) is 0 Å². The second-order valence-corrected chi connectivity index (χ2v) is 6.56. The molecule has 106 valence electrons. The third-order valence-corrected chi connectivity index (χ3v) is 4.27. The van der Waals surface area contributed by atoms with Gasteiger partial charge in [-0.1, -0.05) is 34.1 Å². The maximum Gasteiger partial charge on any atom is 0.226 e. The van der Waals surface area contributed by atoms with Gasteiger partial charge in [0.15, 0.2) is 0 Å². The summed E-state index contributed by atoms with van der Waals surface area (Å²) in [7, 11) is 0. The Morgan fingerprint density at radius 2 is 2.00 bits per heavy atom. The average Bonchev–Trinajstić information content (AvgIpc) is 3.09. The van der Waals surface area contributed by atoms with Crippen LogP contribution in [-0.4, -0.2) is 23.8 Å². The first-order valence-corrected chi connectivity index (χ1v) is 6.96. The van der Waals surface area contributed by atoms with Crippen molar-refractivity contribution in [3.05, 3.63) is 0 Å². The molecule has 4 heteroatoms. The third kappa shape index (κ3) is 3.45. The highest BCUT2D eigenvalue weighted by Crippen LogP contribution is 2.48. The number of rotatable bonds is 7. The van der Waals surface area contributed by atoms with E-state index < -0.39 is 11.6 Å². The Bertz CT molecular complexity index is 298. The first-order chi connectivity index (χ1) is 8.24. The van der Waals surface area contributed by atoms with E-state index in [0.29, 0.717) is 12.5 Å². The van der Waals surface area contributed by atoms with E-state index in [-0.39, 0.29) is 11.3 Å². The molecular formula is C14H28N2O2. The lowest BCUT2D eigenvalue weighted by atomic mass is 9.79. The number of hydrogen-bond donors (Lipinski definition) is 3. The first-order valence-electron chi connectivity index (χ1n) is 6.96. The van der Waals surface area contributed by atoms with Crippen LogP contribution in [-0.2, 0) is 4.79 Å². The van der Waals surface area contributed by atoms with Gasteiger partial charge in [-0.05, 0) is 25.2 Å². The summed E-state index contributed by atoms with van der Waals surface area (Å²) in [6.07, 6.45) is 3.34. The SMILES string of the molecule is CCCC(C)(C(=O)NCC(C)(C)C(N)O)C1CC1. The van der Waals surface area contributed by atoms with Crippen LogP contribution in [0.4, 0.5) is 0 Å². The van der Waals surface area contributed by atoms with Crippen molar-refractivity contribution < 1.29 is 9.90 Å². The van der Waals surface area contributed by atoms with Crippen molar-refractivity contribution in [3.63, 3.8) is 0 Å². The predicted octanol–water partition coefficient (Wildman–Crippen LogP) is 1.62. The Kier molecular flexibility index (Phi) is 4.78. The monoisotopic (exact) mass is 256 g/mol. The molecule has 0 aromatic rings. The summed E-state index contributed by atoms with van der Waals surface area (Å²) in [4.78, 5) is 12.4. The van der Waals surface area contributed by atoms with E-state index in [4.69, 9.17) is 5.73 Å². The summed E-state index contributed by atoms with van der Waals surface area (Å²) >= 11 is 0. The fourth-order valence-electron chi connectivity index (χ4n) is 2.36. The van der Waals surface area contributed by atoms with Gasteiger partial charge in [-0.25, -0.2) is 0 Å². The number of nitrogens with two attached hydrogens (primary N) is 1. The molecule has 0 spiro atoms. The number of aliphatic hydroxyl groups excluding tert-OH is 1. The molecule has 18 heavy (non-hydrogen) atoms. The number of carbonyl (C=O) groups is 1. The van der Waals surface area contributed by atoms with E-state index in [9.17, 15) is 9.90 Å². The van der Waals surface area contributed by atoms with E-state index in [1.165, 1.54) is 0 Å². The first kappa shape index (κ1) is 15.4. The van der Waals surface area contributed by atoms with Crippen LogP contribution in [0.1, 0.15) is 53.4 Å². The summed E-state index contributed by atoms with van der Waals surface area (Å²) in [6.45, 7) is 8.30. The van der Waals surface area contributed by atoms with Crippen molar-refractivity contribution in [1.82, 2.24) is 5.32 Å². The van der Waals surface area contributed by atoms with Gasteiger partial charge in [0.05, 0.1) is 0 Å². The minimum absolute atomic E-state index is 0.112. The zero-order chi connectivity index (χ0) is 14.0. The lowest BCUT2D eigenvalue weighted by Crippen LogP contribution is -2.49. The van der Waals surface area contributed by atoms with E-state index >= 15 is 0 Å². The molecule has 0 aliphatic heterocycles. The van der Waals surface area contributed by atoms with Crippen molar-refractivity contribution in [2.24, 2.45) is 22.5 Å². The Morgan fingerprint density at radius 3 is 2.39 bits per heavy atom. The fraction of sp³-hybridized carbons (Fsp3) is 0.929. The molecule has 0 heterocycles. The predicted molar refractivity (Wildman–Crippen MR) is 72.7 cm³/mol. The van der Waals surface area contributed by atoms with Gasteiger partial charge in [-0.2, -0.15) is 0 Å². The number of amides is 1. The molecule has 1 aliphatic rings. The normalized spacial score (nSPS) is 21.2. The molecule has 0 aromatic heterocycles. The highest BCUT2D eigenvalue weighted by atomic mass is 16.3. The minimum Gasteiger partial charge on any atom is -0.378 e. The van der Waals surface area contributed by atoms with Crippen LogP contribution in [0.3, 0.4) is 0 Å². The third-order valence-electron chi connectivity index (χ3n) is 4.27. The summed E-state index contributed by atoms with van der Waals surface area (Å²) in [5, 5.41) is 12.4. The molecule has 2 atom stereocenters. The van der Waals surface area contributed by atoms with Crippen LogP contribution in [0.5, 0.6) is 0 Å². The molecule has 0 aromatic carbocycles. The summed E-state index contributed by atoms with van der Waals surface area (Å²) in [5.74, 6) is 0.643. The zero-order valence-corrected chi connectivity index (χ0v) is 12.1. The smallest absolute Gasteiger partial charge is 0.226 e. The van der Waals surface area contributed by atoms with Crippen molar-refractivity contribution in [3.8, 4) is 0 Å². The number of hydrogen-bond acceptors (Lipinski definition) is 3. The van der Waals surface area contributed by atoms with Gasteiger partial charge in [0.25, 0.3) is 0 Å². The second kappa shape index (κ2) is 5.57. The van der Waals surface area contributed by atoms with E-state index in [1.807, 2.05) is 13.8 Å². The molecule has 1 amide bonds.